The zero-order valence-electron chi connectivity index (χ0n) is 55.5. The van der Waals surface area contributed by atoms with E-state index in [1.54, 1.807) is 0 Å². The van der Waals surface area contributed by atoms with Crippen molar-refractivity contribution in [2.75, 3.05) is 13.2 Å². The van der Waals surface area contributed by atoms with Gasteiger partial charge in [0.15, 0.2) is 6.10 Å². The fourth-order valence-electron chi connectivity index (χ4n) is 11.4. The van der Waals surface area contributed by atoms with E-state index in [0.717, 1.165) is 83.5 Å². The van der Waals surface area contributed by atoms with Gasteiger partial charge in [0.25, 0.3) is 0 Å². The van der Waals surface area contributed by atoms with Crippen molar-refractivity contribution in [2.45, 2.75) is 419 Å². The van der Waals surface area contributed by atoms with Crippen LogP contribution in [-0.4, -0.2) is 37.2 Å². The molecule has 0 saturated heterocycles. The number of unbranched alkanes of at least 4 members (excludes halogenated alkanes) is 52. The minimum absolute atomic E-state index is 0.0704. The van der Waals surface area contributed by atoms with Gasteiger partial charge < -0.3 is 14.2 Å². The summed E-state index contributed by atoms with van der Waals surface area (Å²) in [5.74, 6) is -0.849. The summed E-state index contributed by atoms with van der Waals surface area (Å²) >= 11 is 0. The second-order valence-corrected chi connectivity index (χ2v) is 25.2. The van der Waals surface area contributed by atoms with Gasteiger partial charge >= 0.3 is 17.9 Å². The lowest BCUT2D eigenvalue weighted by Gasteiger charge is -2.18. The van der Waals surface area contributed by atoms with Gasteiger partial charge in [0.1, 0.15) is 13.2 Å². The first-order valence-corrected chi connectivity index (χ1v) is 37.0. The Balaban J connectivity index is 4.16. The average molecular weight is 1150 g/mol. The Morgan fingerprint density at radius 3 is 0.744 bits per heavy atom. The van der Waals surface area contributed by atoms with E-state index in [2.05, 4.69) is 57.2 Å². The Kier molecular flexibility index (Phi) is 69.1. The third-order valence-corrected chi connectivity index (χ3v) is 16.9. The maximum atomic E-state index is 12.9. The lowest BCUT2D eigenvalue weighted by molar-refractivity contribution is -0.167. The van der Waals surface area contributed by atoms with Gasteiger partial charge in [0, 0.05) is 19.3 Å². The lowest BCUT2D eigenvalue weighted by Crippen LogP contribution is -2.30. The van der Waals surface area contributed by atoms with Crippen LogP contribution in [0.2, 0.25) is 0 Å². The van der Waals surface area contributed by atoms with Gasteiger partial charge in [0.05, 0.1) is 0 Å². The Morgan fingerprint density at radius 2 is 0.476 bits per heavy atom. The highest BCUT2D eigenvalue weighted by molar-refractivity contribution is 5.71. The molecule has 0 aromatic carbocycles. The molecule has 1 unspecified atom stereocenters. The number of hydrogen-bond acceptors (Lipinski definition) is 6. The van der Waals surface area contributed by atoms with Crippen LogP contribution in [0.5, 0.6) is 0 Å². The summed E-state index contributed by atoms with van der Waals surface area (Å²) in [6, 6.07) is 0. The monoisotopic (exact) mass is 1150 g/mol. The molecule has 0 radical (unpaired) electrons. The van der Waals surface area contributed by atoms with Crippen LogP contribution in [0.25, 0.3) is 0 Å². The van der Waals surface area contributed by atoms with Crippen molar-refractivity contribution in [3.05, 3.63) is 36.5 Å². The molecule has 0 fully saturated rings. The van der Waals surface area contributed by atoms with Crippen molar-refractivity contribution in [3.63, 3.8) is 0 Å². The molecular weight excluding hydrogens is 1010 g/mol. The van der Waals surface area contributed by atoms with Gasteiger partial charge in [0.2, 0.25) is 0 Å². The highest BCUT2D eigenvalue weighted by atomic mass is 16.6. The number of carbonyl (C=O) groups excluding carboxylic acids is 3. The highest BCUT2D eigenvalue weighted by Gasteiger charge is 2.20. The molecule has 6 heteroatoms. The largest absolute Gasteiger partial charge is 0.462 e. The second kappa shape index (κ2) is 71.1. The molecule has 6 nitrogen and oxygen atoms in total. The Bertz CT molecular complexity index is 1370. The van der Waals surface area contributed by atoms with Crippen LogP contribution in [0.15, 0.2) is 36.5 Å². The highest BCUT2D eigenvalue weighted by Crippen LogP contribution is 2.19. The van der Waals surface area contributed by atoms with Crippen LogP contribution in [0.3, 0.4) is 0 Å². The third kappa shape index (κ3) is 68.4. The average Bonchev–Trinajstić information content (AvgIpc) is 3.47. The van der Waals surface area contributed by atoms with E-state index in [0.29, 0.717) is 19.3 Å². The second-order valence-electron chi connectivity index (χ2n) is 25.2. The Morgan fingerprint density at radius 1 is 0.256 bits per heavy atom. The fraction of sp³-hybridized carbons (Fsp3) is 0.882. The predicted octanol–water partition coefficient (Wildman–Crippen LogP) is 25.5. The van der Waals surface area contributed by atoms with Crippen molar-refractivity contribution >= 4 is 17.9 Å². The van der Waals surface area contributed by atoms with E-state index in [-0.39, 0.29) is 31.1 Å². The van der Waals surface area contributed by atoms with Crippen LogP contribution in [0.4, 0.5) is 0 Å². The Hall–Kier alpha value is -2.37. The van der Waals surface area contributed by atoms with Crippen molar-refractivity contribution in [1.82, 2.24) is 0 Å². The number of carbonyl (C=O) groups is 3. The molecule has 0 aliphatic rings. The van der Waals surface area contributed by atoms with E-state index in [1.807, 2.05) is 0 Å². The molecule has 0 aliphatic carbocycles. The van der Waals surface area contributed by atoms with Crippen molar-refractivity contribution in [2.24, 2.45) is 0 Å². The maximum absolute atomic E-state index is 12.9. The van der Waals surface area contributed by atoms with E-state index >= 15 is 0 Å². The van der Waals surface area contributed by atoms with Crippen molar-refractivity contribution < 1.29 is 28.6 Å². The predicted molar refractivity (Wildman–Crippen MR) is 358 cm³/mol. The summed E-state index contributed by atoms with van der Waals surface area (Å²) in [5.41, 5.74) is 0. The Labute approximate surface area is 512 Å². The lowest BCUT2D eigenvalue weighted by atomic mass is 10.0. The van der Waals surface area contributed by atoms with Gasteiger partial charge in [-0.2, -0.15) is 0 Å². The third-order valence-electron chi connectivity index (χ3n) is 16.9. The van der Waals surface area contributed by atoms with Gasteiger partial charge in [-0.05, 0) is 51.4 Å². The quantitative estimate of drug-likeness (QED) is 0.0261. The number of hydrogen-bond donors (Lipinski definition) is 0. The van der Waals surface area contributed by atoms with E-state index in [1.165, 1.54) is 289 Å². The molecule has 0 aliphatic heterocycles. The molecule has 0 heterocycles. The van der Waals surface area contributed by atoms with Crippen LogP contribution in [0, 0.1) is 0 Å². The molecule has 482 valence electrons. The summed E-state index contributed by atoms with van der Waals surface area (Å²) in [6.45, 7) is 6.61. The molecule has 0 aromatic heterocycles. The fourth-order valence-corrected chi connectivity index (χ4v) is 11.4. The summed E-state index contributed by atoms with van der Waals surface area (Å²) < 4.78 is 17.0. The molecule has 0 rings (SSSR count). The molecule has 0 bridgehead atoms. The zero-order valence-corrected chi connectivity index (χ0v) is 55.5. The van der Waals surface area contributed by atoms with E-state index in [9.17, 15) is 14.4 Å². The van der Waals surface area contributed by atoms with Gasteiger partial charge in [-0.15, -0.1) is 0 Å². The van der Waals surface area contributed by atoms with Gasteiger partial charge in [-0.3, -0.25) is 14.4 Å². The first-order valence-electron chi connectivity index (χ1n) is 37.0. The maximum Gasteiger partial charge on any atom is 0.306 e. The molecule has 0 amide bonds. The van der Waals surface area contributed by atoms with Crippen LogP contribution >= 0.6 is 0 Å². The summed E-state index contributed by atoms with van der Waals surface area (Å²) in [4.78, 5) is 38.5. The molecule has 82 heavy (non-hydrogen) atoms. The number of allylic oxidation sites excluding steroid dienone is 6. The molecule has 1 atom stereocenters. The zero-order chi connectivity index (χ0) is 59.2. The minimum Gasteiger partial charge on any atom is -0.462 e. The summed E-state index contributed by atoms with van der Waals surface area (Å²) in [5, 5.41) is 0. The van der Waals surface area contributed by atoms with Crippen LogP contribution in [0.1, 0.15) is 412 Å². The standard InChI is InChI=1S/C76H142O6/c1-4-7-10-13-16-19-22-25-28-31-32-33-34-35-36-37-38-39-40-41-42-43-44-46-48-51-54-57-60-63-66-69-75(78)81-72-73(71-80-74(77)68-65-62-59-56-53-50-47-30-27-24-21-18-15-12-9-6-3)82-76(79)70-67-64-61-58-55-52-49-45-29-26-23-20-17-14-11-8-5-2/h8,11,17,20,26,29,73H,4-7,9-10,12-16,18-19,21-25,27-28,30-72H2,1-3H3/b11-8-,20-17-,29-26-. The number of esters is 3. The molecule has 0 N–H and O–H groups in total. The number of ether oxygens (including phenoxy) is 3. The first kappa shape index (κ1) is 79.6. The number of rotatable bonds is 69. The van der Waals surface area contributed by atoms with Gasteiger partial charge in [-0.25, -0.2) is 0 Å². The minimum atomic E-state index is -0.775. The normalized spacial score (nSPS) is 12.2. The summed E-state index contributed by atoms with van der Waals surface area (Å²) in [7, 11) is 0. The van der Waals surface area contributed by atoms with Gasteiger partial charge in [-0.1, -0.05) is 378 Å². The van der Waals surface area contributed by atoms with Crippen molar-refractivity contribution in [1.29, 1.82) is 0 Å². The molecule has 0 aromatic rings. The molecule has 0 saturated carbocycles. The van der Waals surface area contributed by atoms with Crippen LogP contribution in [-0.2, 0) is 28.6 Å². The first-order chi connectivity index (χ1) is 40.5. The smallest absolute Gasteiger partial charge is 0.306 e. The summed E-state index contributed by atoms with van der Waals surface area (Å²) in [6.07, 6.45) is 89.1. The SMILES string of the molecule is CC/C=C\C/C=C\C/C=C\CCCCCCCCCC(=O)OC(COC(=O)CCCCCCCCCCCCCCCCCC)COC(=O)CCCCCCCCCCCCCCCCCCCCCCCCCCCCCCCCC. The topological polar surface area (TPSA) is 78.9 Å². The van der Waals surface area contributed by atoms with Crippen LogP contribution < -0.4 is 0 Å². The molecule has 0 spiro atoms. The van der Waals surface area contributed by atoms with Crippen molar-refractivity contribution in [3.8, 4) is 0 Å². The van der Waals surface area contributed by atoms with E-state index in [4.69, 9.17) is 14.2 Å². The van der Waals surface area contributed by atoms with E-state index < -0.39 is 6.10 Å². The molecular formula is C76H142O6.